The average Bonchev–Trinajstić information content (AvgIpc) is 2.48. The van der Waals surface area contributed by atoms with E-state index in [1.165, 1.54) is 5.69 Å². The quantitative estimate of drug-likeness (QED) is 0.883. The van der Waals surface area contributed by atoms with Gasteiger partial charge in [0, 0.05) is 30.5 Å². The van der Waals surface area contributed by atoms with Crippen LogP contribution in [0.25, 0.3) is 11.3 Å². The van der Waals surface area contributed by atoms with Crippen LogP contribution < -0.4 is 10.6 Å². The number of aromatic nitrogens is 2. The number of benzene rings is 1. The van der Waals surface area contributed by atoms with E-state index < -0.39 is 0 Å². The van der Waals surface area contributed by atoms with E-state index in [4.69, 9.17) is 10.5 Å². The molecule has 0 saturated carbocycles. The monoisotopic (exact) mass is 256 g/mol. The third-order valence-electron chi connectivity index (χ3n) is 3.21. The summed E-state index contributed by atoms with van der Waals surface area (Å²) in [6, 6.07) is 10.1. The van der Waals surface area contributed by atoms with Gasteiger partial charge in [0.1, 0.15) is 0 Å². The summed E-state index contributed by atoms with van der Waals surface area (Å²) in [5.74, 6) is 0.300. The largest absolute Gasteiger partial charge is 0.378 e. The lowest BCUT2D eigenvalue weighted by Crippen LogP contribution is -2.36. The number of morpholine rings is 1. The molecule has 5 nitrogen and oxygen atoms in total. The molecule has 2 heterocycles. The number of rotatable bonds is 2. The van der Waals surface area contributed by atoms with Crippen LogP contribution in [0, 0.1) is 0 Å². The van der Waals surface area contributed by atoms with E-state index in [0.29, 0.717) is 5.95 Å². The van der Waals surface area contributed by atoms with Gasteiger partial charge >= 0.3 is 0 Å². The van der Waals surface area contributed by atoms with Crippen molar-refractivity contribution in [1.82, 2.24) is 9.97 Å². The van der Waals surface area contributed by atoms with Crippen LogP contribution in [0.3, 0.4) is 0 Å². The third kappa shape index (κ3) is 2.51. The highest BCUT2D eigenvalue weighted by Gasteiger charge is 2.15. The number of anilines is 2. The van der Waals surface area contributed by atoms with Gasteiger partial charge in [-0.05, 0) is 12.1 Å². The van der Waals surface area contributed by atoms with E-state index in [1.807, 2.05) is 18.2 Å². The van der Waals surface area contributed by atoms with Crippen molar-refractivity contribution >= 4 is 11.6 Å². The van der Waals surface area contributed by atoms with Crippen LogP contribution >= 0.6 is 0 Å². The normalized spacial score (nSPS) is 15.5. The molecule has 1 fully saturated rings. The van der Waals surface area contributed by atoms with Crippen molar-refractivity contribution in [1.29, 1.82) is 0 Å². The molecular formula is C14H16N4O. The van der Waals surface area contributed by atoms with Crippen molar-refractivity contribution < 1.29 is 4.74 Å². The van der Waals surface area contributed by atoms with Gasteiger partial charge in [-0.1, -0.05) is 18.2 Å². The van der Waals surface area contributed by atoms with Crippen molar-refractivity contribution in [2.45, 2.75) is 0 Å². The molecule has 0 atom stereocenters. The summed E-state index contributed by atoms with van der Waals surface area (Å²) in [6.45, 7) is 3.33. The Morgan fingerprint density at radius 1 is 1.11 bits per heavy atom. The molecule has 2 aromatic rings. The standard InChI is InChI=1S/C14H16N4O/c15-14-16-6-5-12(17-14)11-3-1-2-4-13(11)18-7-9-19-10-8-18/h1-6H,7-10H2,(H2,15,16,17). The van der Waals surface area contributed by atoms with Crippen LogP contribution in [0.15, 0.2) is 36.5 Å². The zero-order valence-electron chi connectivity index (χ0n) is 10.6. The SMILES string of the molecule is Nc1nccc(-c2ccccc2N2CCOCC2)n1. The molecule has 1 saturated heterocycles. The number of nitrogen functional groups attached to an aromatic ring is 1. The molecule has 0 bridgehead atoms. The number of hydrogen-bond acceptors (Lipinski definition) is 5. The van der Waals surface area contributed by atoms with Crippen molar-refractivity contribution in [3.05, 3.63) is 36.5 Å². The maximum absolute atomic E-state index is 5.67. The summed E-state index contributed by atoms with van der Waals surface area (Å²) in [6.07, 6.45) is 1.69. The van der Waals surface area contributed by atoms with E-state index in [9.17, 15) is 0 Å². The Hall–Kier alpha value is -2.14. The van der Waals surface area contributed by atoms with Crippen molar-refractivity contribution in [2.24, 2.45) is 0 Å². The molecule has 5 heteroatoms. The topological polar surface area (TPSA) is 64.3 Å². The van der Waals surface area contributed by atoms with Gasteiger partial charge in [0.05, 0.1) is 18.9 Å². The second-order valence-corrected chi connectivity index (χ2v) is 4.42. The number of hydrogen-bond donors (Lipinski definition) is 1. The van der Waals surface area contributed by atoms with Crippen LogP contribution in [0.5, 0.6) is 0 Å². The number of nitrogens with two attached hydrogens (primary N) is 1. The predicted octanol–water partition coefficient (Wildman–Crippen LogP) is 1.56. The summed E-state index contributed by atoms with van der Waals surface area (Å²) >= 11 is 0. The Balaban J connectivity index is 2.01. The fourth-order valence-corrected chi connectivity index (χ4v) is 2.29. The number of ether oxygens (including phenoxy) is 1. The maximum Gasteiger partial charge on any atom is 0.220 e. The Kier molecular flexibility index (Phi) is 3.29. The molecule has 0 aliphatic carbocycles. The van der Waals surface area contributed by atoms with E-state index in [2.05, 4.69) is 27.0 Å². The van der Waals surface area contributed by atoms with Crippen LogP contribution in [0.4, 0.5) is 11.6 Å². The molecule has 3 rings (SSSR count). The fraction of sp³-hybridized carbons (Fsp3) is 0.286. The number of nitrogens with zero attached hydrogens (tertiary/aromatic N) is 3. The minimum Gasteiger partial charge on any atom is -0.378 e. The average molecular weight is 256 g/mol. The summed E-state index contributed by atoms with van der Waals surface area (Å²) < 4.78 is 5.40. The highest BCUT2D eigenvalue weighted by Crippen LogP contribution is 2.29. The van der Waals surface area contributed by atoms with E-state index in [-0.39, 0.29) is 0 Å². The summed E-state index contributed by atoms with van der Waals surface area (Å²) in [7, 11) is 0. The van der Waals surface area contributed by atoms with Crippen molar-refractivity contribution in [3.8, 4) is 11.3 Å². The minimum atomic E-state index is 0.300. The van der Waals surface area contributed by atoms with Crippen molar-refractivity contribution in [2.75, 3.05) is 36.9 Å². The molecule has 1 aromatic carbocycles. The molecule has 98 valence electrons. The number of para-hydroxylation sites is 1. The third-order valence-corrected chi connectivity index (χ3v) is 3.21. The van der Waals surface area contributed by atoms with Crippen LogP contribution in [-0.4, -0.2) is 36.3 Å². The molecule has 2 N–H and O–H groups in total. The summed E-state index contributed by atoms with van der Waals surface area (Å²) in [5.41, 5.74) is 8.78. The smallest absolute Gasteiger partial charge is 0.220 e. The Morgan fingerprint density at radius 3 is 2.68 bits per heavy atom. The fourth-order valence-electron chi connectivity index (χ4n) is 2.29. The molecule has 1 aromatic heterocycles. The van der Waals surface area contributed by atoms with Crippen molar-refractivity contribution in [3.63, 3.8) is 0 Å². The molecular weight excluding hydrogens is 240 g/mol. The predicted molar refractivity (Wildman–Crippen MR) is 74.9 cm³/mol. The van der Waals surface area contributed by atoms with E-state index >= 15 is 0 Å². The molecule has 0 amide bonds. The van der Waals surface area contributed by atoms with Gasteiger partial charge in [0.25, 0.3) is 0 Å². The first-order chi connectivity index (χ1) is 9.34. The maximum atomic E-state index is 5.67. The summed E-state index contributed by atoms with van der Waals surface area (Å²) in [5, 5.41) is 0. The van der Waals surface area contributed by atoms with Gasteiger partial charge in [0.2, 0.25) is 5.95 Å². The van der Waals surface area contributed by atoms with Gasteiger partial charge in [-0.15, -0.1) is 0 Å². The summed E-state index contributed by atoms with van der Waals surface area (Å²) in [4.78, 5) is 10.6. The lowest BCUT2D eigenvalue weighted by Gasteiger charge is -2.30. The zero-order valence-corrected chi connectivity index (χ0v) is 10.6. The van der Waals surface area contributed by atoms with Gasteiger partial charge < -0.3 is 15.4 Å². The molecule has 1 aliphatic rings. The van der Waals surface area contributed by atoms with Crippen LogP contribution in [0.2, 0.25) is 0 Å². The highest BCUT2D eigenvalue weighted by atomic mass is 16.5. The lowest BCUT2D eigenvalue weighted by molar-refractivity contribution is 0.123. The highest BCUT2D eigenvalue weighted by molar-refractivity contribution is 5.76. The van der Waals surface area contributed by atoms with Gasteiger partial charge in [0.15, 0.2) is 0 Å². The van der Waals surface area contributed by atoms with Gasteiger partial charge in [-0.3, -0.25) is 0 Å². The second kappa shape index (κ2) is 5.24. The Bertz CT molecular complexity index is 567. The van der Waals surface area contributed by atoms with Crippen LogP contribution in [0.1, 0.15) is 0 Å². The molecule has 1 aliphatic heterocycles. The molecule has 19 heavy (non-hydrogen) atoms. The second-order valence-electron chi connectivity index (χ2n) is 4.42. The molecule has 0 radical (unpaired) electrons. The lowest BCUT2D eigenvalue weighted by atomic mass is 10.1. The Labute approximate surface area is 112 Å². The minimum absolute atomic E-state index is 0.300. The van der Waals surface area contributed by atoms with Gasteiger partial charge in [-0.2, -0.15) is 0 Å². The first-order valence-corrected chi connectivity index (χ1v) is 6.35. The zero-order chi connectivity index (χ0) is 13.1. The Morgan fingerprint density at radius 2 is 1.89 bits per heavy atom. The van der Waals surface area contributed by atoms with E-state index in [1.54, 1.807) is 6.20 Å². The van der Waals surface area contributed by atoms with Gasteiger partial charge in [-0.25, -0.2) is 9.97 Å². The first kappa shape index (κ1) is 11.9. The molecule has 0 unspecified atom stereocenters. The van der Waals surface area contributed by atoms with E-state index in [0.717, 1.165) is 37.6 Å². The molecule has 0 spiro atoms. The van der Waals surface area contributed by atoms with Crippen LogP contribution in [-0.2, 0) is 4.74 Å². The first-order valence-electron chi connectivity index (χ1n) is 6.35.